The Bertz CT molecular complexity index is 1430. The first kappa shape index (κ1) is 31.1. The smallest absolute Gasteiger partial charge is 0.407 e. The topological polar surface area (TPSA) is 147 Å². The Hall–Kier alpha value is -4.48. The molecule has 12 nitrogen and oxygen atoms in total. The van der Waals surface area contributed by atoms with E-state index in [0.29, 0.717) is 36.2 Å². The van der Waals surface area contributed by atoms with Gasteiger partial charge in [0.05, 0.1) is 10.9 Å². The van der Waals surface area contributed by atoms with Crippen LogP contribution in [-0.2, 0) is 16.0 Å². The monoisotopic (exact) mass is 566 g/mol. The zero-order valence-corrected chi connectivity index (χ0v) is 24.4. The number of nitrogens with zero attached hydrogens (tertiary/aromatic N) is 4. The standard InChI is InChI=1S/C29H38N6O6/c1-7-35(28(39)34(6)18-15-20-11-8-9-16-30-20)26-33-22-14-13-21(19(2)24(22)25(37)40-26)32-23(36)12-10-17-31-27(38)41-29(3,4)5/h8-9,11,13-14,16H,7,10,12,15,17-18H2,1-6H3,(H,31,38)(H,32,36). The van der Waals surface area contributed by atoms with Crippen LogP contribution in [0.15, 0.2) is 45.7 Å². The number of aromatic nitrogens is 2. The molecule has 41 heavy (non-hydrogen) atoms. The minimum atomic E-state index is -0.664. The van der Waals surface area contributed by atoms with Gasteiger partial charge in [0.2, 0.25) is 5.91 Å². The van der Waals surface area contributed by atoms with Gasteiger partial charge in [-0.25, -0.2) is 19.3 Å². The summed E-state index contributed by atoms with van der Waals surface area (Å²) in [6.45, 7) is 9.71. The van der Waals surface area contributed by atoms with Gasteiger partial charge in [0, 0.05) is 57.1 Å². The van der Waals surface area contributed by atoms with E-state index in [1.807, 2.05) is 18.2 Å². The third-order valence-electron chi connectivity index (χ3n) is 6.10. The van der Waals surface area contributed by atoms with E-state index < -0.39 is 17.3 Å². The largest absolute Gasteiger partial charge is 0.444 e. The molecule has 2 N–H and O–H groups in total. The highest BCUT2D eigenvalue weighted by Gasteiger charge is 2.24. The van der Waals surface area contributed by atoms with E-state index in [4.69, 9.17) is 9.15 Å². The molecule has 2 heterocycles. The van der Waals surface area contributed by atoms with Gasteiger partial charge < -0.3 is 24.7 Å². The number of hydrogen-bond acceptors (Lipinski definition) is 8. The Morgan fingerprint density at radius 3 is 2.54 bits per heavy atom. The highest BCUT2D eigenvalue weighted by Crippen LogP contribution is 2.24. The number of anilines is 2. The Morgan fingerprint density at radius 1 is 1.12 bits per heavy atom. The van der Waals surface area contributed by atoms with Crippen LogP contribution in [0.4, 0.5) is 21.3 Å². The van der Waals surface area contributed by atoms with Gasteiger partial charge in [-0.2, -0.15) is 4.98 Å². The molecule has 0 aliphatic heterocycles. The molecule has 4 amide bonds. The van der Waals surface area contributed by atoms with E-state index >= 15 is 0 Å². The highest BCUT2D eigenvalue weighted by molar-refractivity contribution is 5.96. The van der Waals surface area contributed by atoms with E-state index in [2.05, 4.69) is 20.6 Å². The Morgan fingerprint density at radius 2 is 1.88 bits per heavy atom. The second-order valence-electron chi connectivity index (χ2n) is 10.5. The summed E-state index contributed by atoms with van der Waals surface area (Å²) in [7, 11) is 1.67. The number of fused-ring (bicyclic) bond motifs is 1. The molecular weight excluding hydrogens is 528 g/mol. The van der Waals surface area contributed by atoms with Crippen LogP contribution >= 0.6 is 0 Å². The van der Waals surface area contributed by atoms with Crippen LogP contribution in [0.25, 0.3) is 10.9 Å². The average molecular weight is 567 g/mol. The van der Waals surface area contributed by atoms with E-state index in [1.165, 1.54) is 9.80 Å². The lowest BCUT2D eigenvalue weighted by Crippen LogP contribution is -2.42. The summed E-state index contributed by atoms with van der Waals surface area (Å²) in [5, 5.41) is 5.62. The van der Waals surface area contributed by atoms with Gasteiger partial charge in [-0.15, -0.1) is 0 Å². The number of aryl methyl sites for hydroxylation is 1. The van der Waals surface area contributed by atoms with Gasteiger partial charge >= 0.3 is 23.8 Å². The molecule has 0 spiro atoms. The molecular formula is C29H38N6O6. The summed E-state index contributed by atoms with van der Waals surface area (Å²) in [5.41, 5.74) is 0.887. The van der Waals surface area contributed by atoms with Gasteiger partial charge in [0.25, 0.3) is 0 Å². The van der Waals surface area contributed by atoms with Gasteiger partial charge in [0.1, 0.15) is 5.60 Å². The number of amides is 4. The van der Waals surface area contributed by atoms with Gasteiger partial charge in [0.15, 0.2) is 0 Å². The van der Waals surface area contributed by atoms with Crippen LogP contribution in [-0.4, -0.2) is 65.2 Å². The lowest BCUT2D eigenvalue weighted by atomic mass is 10.1. The zero-order chi connectivity index (χ0) is 30.2. The SMILES string of the molecule is CCN(C(=O)N(C)CCc1ccccn1)c1nc2ccc(NC(=O)CCCNC(=O)OC(C)(C)C)c(C)c2c(=O)o1. The van der Waals surface area contributed by atoms with Crippen LogP contribution in [0.1, 0.15) is 51.8 Å². The third-order valence-corrected chi connectivity index (χ3v) is 6.10. The first-order valence-electron chi connectivity index (χ1n) is 13.5. The van der Waals surface area contributed by atoms with Crippen LogP contribution < -0.4 is 21.2 Å². The van der Waals surface area contributed by atoms with Gasteiger partial charge in [-0.1, -0.05) is 6.07 Å². The number of carbonyl (C=O) groups excluding carboxylic acids is 3. The van der Waals surface area contributed by atoms with Crippen molar-refractivity contribution in [1.29, 1.82) is 0 Å². The molecule has 0 bridgehead atoms. The number of urea groups is 1. The van der Waals surface area contributed by atoms with Crippen LogP contribution in [0.2, 0.25) is 0 Å². The number of nitrogens with one attached hydrogen (secondary N) is 2. The van der Waals surface area contributed by atoms with Crippen molar-refractivity contribution in [3.05, 3.63) is 58.2 Å². The zero-order valence-electron chi connectivity index (χ0n) is 24.4. The molecule has 0 saturated heterocycles. The summed E-state index contributed by atoms with van der Waals surface area (Å²) in [4.78, 5) is 61.9. The Balaban J connectivity index is 1.66. The van der Waals surface area contributed by atoms with Crippen molar-refractivity contribution < 1.29 is 23.5 Å². The maximum absolute atomic E-state index is 13.1. The van der Waals surface area contributed by atoms with Crippen molar-refractivity contribution >= 4 is 40.6 Å². The summed E-state index contributed by atoms with van der Waals surface area (Å²) >= 11 is 0. The highest BCUT2D eigenvalue weighted by atomic mass is 16.6. The van der Waals surface area contributed by atoms with E-state index in [9.17, 15) is 19.2 Å². The first-order chi connectivity index (χ1) is 19.4. The number of carbonyl (C=O) groups is 3. The van der Waals surface area contributed by atoms with Crippen molar-refractivity contribution in [3.63, 3.8) is 0 Å². The second-order valence-corrected chi connectivity index (χ2v) is 10.5. The lowest BCUT2D eigenvalue weighted by molar-refractivity contribution is -0.116. The Labute approximate surface area is 239 Å². The van der Waals surface area contributed by atoms with E-state index in [-0.39, 0.29) is 42.8 Å². The van der Waals surface area contributed by atoms with Crippen molar-refractivity contribution in [3.8, 4) is 0 Å². The van der Waals surface area contributed by atoms with Gasteiger partial charge in [-0.05, 0) is 70.9 Å². The number of rotatable bonds is 10. The molecule has 3 rings (SSSR count). The van der Waals surface area contributed by atoms with Crippen molar-refractivity contribution in [2.45, 2.75) is 59.5 Å². The van der Waals surface area contributed by atoms with Crippen molar-refractivity contribution in [1.82, 2.24) is 20.2 Å². The summed E-state index contributed by atoms with van der Waals surface area (Å²) in [6, 6.07) is 8.41. The second kappa shape index (κ2) is 13.7. The predicted octanol–water partition coefficient (Wildman–Crippen LogP) is 4.26. The molecule has 0 atom stereocenters. The lowest BCUT2D eigenvalue weighted by Gasteiger charge is -2.25. The first-order valence-corrected chi connectivity index (χ1v) is 13.5. The molecule has 0 aliphatic rings. The van der Waals surface area contributed by atoms with Gasteiger partial charge in [-0.3, -0.25) is 9.78 Å². The van der Waals surface area contributed by atoms with Crippen molar-refractivity contribution in [2.75, 3.05) is 36.9 Å². The number of pyridine rings is 1. The molecule has 2 aromatic heterocycles. The average Bonchev–Trinajstić information content (AvgIpc) is 2.91. The van der Waals surface area contributed by atoms with E-state index in [0.717, 1.165) is 5.69 Å². The fraction of sp³-hybridized carbons (Fsp3) is 0.448. The quantitative estimate of drug-likeness (QED) is 0.346. The summed E-state index contributed by atoms with van der Waals surface area (Å²) < 4.78 is 10.7. The molecule has 220 valence electrons. The number of likely N-dealkylation sites (N-methyl/N-ethyl adjacent to an activating group) is 1. The number of hydrogen-bond donors (Lipinski definition) is 2. The van der Waals surface area contributed by atoms with Crippen LogP contribution in [0.3, 0.4) is 0 Å². The fourth-order valence-electron chi connectivity index (χ4n) is 4.01. The molecule has 0 fully saturated rings. The molecule has 0 unspecified atom stereocenters. The van der Waals surface area contributed by atoms with E-state index in [1.54, 1.807) is 60.0 Å². The minimum Gasteiger partial charge on any atom is -0.444 e. The number of ether oxygens (including phenoxy) is 1. The molecule has 3 aromatic rings. The van der Waals surface area contributed by atoms with Crippen molar-refractivity contribution in [2.24, 2.45) is 0 Å². The van der Waals surface area contributed by atoms with Crippen LogP contribution in [0, 0.1) is 6.92 Å². The maximum Gasteiger partial charge on any atom is 0.407 e. The normalized spacial score (nSPS) is 11.2. The third kappa shape index (κ3) is 8.75. The predicted molar refractivity (Wildman–Crippen MR) is 156 cm³/mol. The van der Waals surface area contributed by atoms with Crippen LogP contribution in [0.5, 0.6) is 0 Å². The summed E-state index contributed by atoms with van der Waals surface area (Å²) in [6.07, 6.45) is 2.29. The fourth-order valence-corrected chi connectivity index (χ4v) is 4.01. The maximum atomic E-state index is 13.1. The molecule has 1 aromatic carbocycles. The Kier molecular flexibility index (Phi) is 10.4. The molecule has 12 heteroatoms. The number of benzene rings is 1. The molecule has 0 aliphatic carbocycles. The number of alkyl carbamates (subject to hydrolysis) is 1. The summed E-state index contributed by atoms with van der Waals surface area (Å²) in [5.74, 6) is -0.274. The minimum absolute atomic E-state index is 0.103. The molecule has 0 radical (unpaired) electrons. The molecule has 0 saturated carbocycles.